The van der Waals surface area contributed by atoms with Crippen molar-refractivity contribution >= 4 is 32.9 Å². The number of hydrogen-bond acceptors (Lipinski definition) is 8. The highest BCUT2D eigenvalue weighted by Gasteiger charge is 2.30. The molecule has 39 heavy (non-hydrogen) atoms. The third kappa shape index (κ3) is 6.78. The van der Waals surface area contributed by atoms with Crippen LogP contribution in [0.2, 0.25) is 0 Å². The first-order chi connectivity index (χ1) is 18.5. The molecule has 1 fully saturated rings. The maximum absolute atomic E-state index is 12.9. The van der Waals surface area contributed by atoms with E-state index in [-0.39, 0.29) is 12.6 Å². The van der Waals surface area contributed by atoms with E-state index in [1.807, 2.05) is 32.0 Å². The first-order valence-electron chi connectivity index (χ1n) is 12.8. The molecule has 6 nitrogen and oxygen atoms in total. The number of alkyl halides is 3. The van der Waals surface area contributed by atoms with Crippen LogP contribution in [0.25, 0.3) is 20.8 Å². The molecular formula is C28H31F3N4O2S2. The second-order valence-electron chi connectivity index (χ2n) is 10.0. The molecule has 2 atom stereocenters. The molecule has 0 unspecified atom stereocenters. The number of aromatic nitrogens is 2. The Kier molecular flexibility index (Phi) is 8.25. The van der Waals surface area contributed by atoms with E-state index in [0.29, 0.717) is 17.9 Å². The number of ether oxygens (including phenoxy) is 1. The van der Waals surface area contributed by atoms with Crippen LogP contribution in [0.15, 0.2) is 42.5 Å². The fraction of sp³-hybridized carbons (Fsp3) is 0.429. The Bertz CT molecular complexity index is 1420. The van der Waals surface area contributed by atoms with Crippen LogP contribution in [0.4, 0.5) is 13.2 Å². The summed E-state index contributed by atoms with van der Waals surface area (Å²) in [5, 5.41) is 12.4. The average molecular weight is 577 g/mol. The molecule has 0 bridgehead atoms. The molecule has 3 heterocycles. The SMILES string of the molecule is Cc1nc2cc(OC[C@H](O)CN3CCN(Cc4sc(-c5ccc(C(F)(F)F)cc5)nc4C)C[C@@H]3C)ccc2s1. The first kappa shape index (κ1) is 28.0. The minimum absolute atomic E-state index is 0.217. The Hall–Kier alpha value is -2.57. The van der Waals surface area contributed by atoms with Crippen molar-refractivity contribution in [2.24, 2.45) is 0 Å². The predicted octanol–water partition coefficient (Wildman–Crippen LogP) is 6.00. The van der Waals surface area contributed by atoms with E-state index in [2.05, 4.69) is 26.7 Å². The standard InChI is InChI=1S/C28H31F3N4O2S2/c1-17-13-34(15-26-18(2)32-27(39-26)20-4-6-21(7-5-20)28(29,30)31)10-11-35(17)14-22(36)16-37-23-8-9-25-24(12-23)33-19(3)38-25/h4-9,12,17,22,36H,10-11,13-16H2,1-3H3/t17-,22+/m0/s1. The van der Waals surface area contributed by atoms with Crippen molar-refractivity contribution < 1.29 is 23.0 Å². The quantitative estimate of drug-likeness (QED) is 0.278. The lowest BCUT2D eigenvalue weighted by atomic mass is 10.1. The lowest BCUT2D eigenvalue weighted by Crippen LogP contribution is -2.53. The van der Waals surface area contributed by atoms with Gasteiger partial charge in [0.05, 0.1) is 26.5 Å². The molecule has 5 rings (SSSR count). The number of nitrogens with zero attached hydrogens (tertiary/aromatic N) is 4. The highest BCUT2D eigenvalue weighted by atomic mass is 32.1. The van der Waals surface area contributed by atoms with Crippen molar-refractivity contribution in [2.75, 3.05) is 32.8 Å². The zero-order valence-corrected chi connectivity index (χ0v) is 23.7. The smallest absolute Gasteiger partial charge is 0.416 e. The minimum atomic E-state index is -4.35. The van der Waals surface area contributed by atoms with Crippen LogP contribution in [-0.4, -0.2) is 69.8 Å². The van der Waals surface area contributed by atoms with Gasteiger partial charge in [-0.05, 0) is 45.0 Å². The normalized spacial score (nSPS) is 18.1. The van der Waals surface area contributed by atoms with E-state index in [0.717, 1.165) is 69.1 Å². The lowest BCUT2D eigenvalue weighted by Gasteiger charge is -2.40. The Morgan fingerprint density at radius 3 is 2.56 bits per heavy atom. The fourth-order valence-electron chi connectivity index (χ4n) is 4.82. The van der Waals surface area contributed by atoms with Gasteiger partial charge in [0.15, 0.2) is 0 Å². The van der Waals surface area contributed by atoms with Crippen molar-refractivity contribution in [3.8, 4) is 16.3 Å². The molecule has 0 radical (unpaired) electrons. The van der Waals surface area contributed by atoms with Gasteiger partial charge in [0.25, 0.3) is 0 Å². The molecule has 208 valence electrons. The van der Waals surface area contributed by atoms with Crippen LogP contribution in [-0.2, 0) is 12.7 Å². The van der Waals surface area contributed by atoms with Crippen molar-refractivity contribution in [3.05, 3.63) is 63.6 Å². The molecule has 11 heteroatoms. The summed E-state index contributed by atoms with van der Waals surface area (Å²) in [4.78, 5) is 14.9. The largest absolute Gasteiger partial charge is 0.491 e. The van der Waals surface area contributed by atoms with Gasteiger partial charge in [-0.15, -0.1) is 22.7 Å². The molecule has 4 aromatic rings. The molecule has 0 saturated carbocycles. The van der Waals surface area contributed by atoms with Gasteiger partial charge in [-0.25, -0.2) is 9.97 Å². The summed E-state index contributed by atoms with van der Waals surface area (Å²) in [6, 6.07) is 11.3. The highest BCUT2D eigenvalue weighted by molar-refractivity contribution is 7.18. The lowest BCUT2D eigenvalue weighted by molar-refractivity contribution is -0.137. The number of benzene rings is 2. The molecule has 2 aromatic heterocycles. The van der Waals surface area contributed by atoms with Crippen LogP contribution in [0.3, 0.4) is 0 Å². The highest BCUT2D eigenvalue weighted by Crippen LogP contribution is 2.33. The van der Waals surface area contributed by atoms with Crippen LogP contribution in [0.5, 0.6) is 5.75 Å². The molecule has 2 aromatic carbocycles. The molecule has 1 saturated heterocycles. The van der Waals surface area contributed by atoms with Crippen LogP contribution < -0.4 is 4.74 Å². The molecule has 1 N–H and O–H groups in total. The van der Waals surface area contributed by atoms with Crippen LogP contribution in [0, 0.1) is 13.8 Å². The minimum Gasteiger partial charge on any atom is -0.491 e. The van der Waals surface area contributed by atoms with Crippen molar-refractivity contribution in [3.63, 3.8) is 0 Å². The van der Waals surface area contributed by atoms with Gasteiger partial charge in [0, 0.05) is 55.3 Å². The number of thiazole rings is 2. The Morgan fingerprint density at radius 1 is 1.08 bits per heavy atom. The van der Waals surface area contributed by atoms with E-state index in [1.54, 1.807) is 11.3 Å². The summed E-state index contributed by atoms with van der Waals surface area (Å²) < 4.78 is 45.7. The Labute approximate surface area is 233 Å². The van der Waals surface area contributed by atoms with E-state index in [1.165, 1.54) is 23.5 Å². The molecule has 1 aliphatic rings. The van der Waals surface area contributed by atoms with Crippen LogP contribution in [0.1, 0.15) is 28.1 Å². The number of aliphatic hydroxyl groups is 1. The summed E-state index contributed by atoms with van der Waals surface area (Å²) in [7, 11) is 0. The molecular weight excluding hydrogens is 545 g/mol. The molecule has 0 amide bonds. The second kappa shape index (κ2) is 11.5. The van der Waals surface area contributed by atoms with Gasteiger partial charge < -0.3 is 9.84 Å². The summed E-state index contributed by atoms with van der Waals surface area (Å²) in [5.74, 6) is 0.709. The maximum Gasteiger partial charge on any atom is 0.416 e. The summed E-state index contributed by atoms with van der Waals surface area (Å²) in [5.41, 5.74) is 1.86. The summed E-state index contributed by atoms with van der Waals surface area (Å²) in [6.45, 7) is 10.1. The number of aryl methyl sites for hydroxylation is 2. The number of hydrogen-bond donors (Lipinski definition) is 1. The number of piperazine rings is 1. The van der Waals surface area contributed by atoms with E-state index < -0.39 is 17.8 Å². The zero-order chi connectivity index (χ0) is 27.7. The summed E-state index contributed by atoms with van der Waals surface area (Å²) >= 11 is 3.18. The van der Waals surface area contributed by atoms with Crippen molar-refractivity contribution in [1.82, 2.24) is 19.8 Å². The molecule has 0 aliphatic carbocycles. The monoisotopic (exact) mass is 576 g/mol. The summed E-state index contributed by atoms with van der Waals surface area (Å²) in [6.07, 6.45) is -4.96. The van der Waals surface area contributed by atoms with Crippen molar-refractivity contribution in [2.45, 2.75) is 45.6 Å². The van der Waals surface area contributed by atoms with Gasteiger partial charge in [-0.2, -0.15) is 13.2 Å². The number of halogens is 3. The first-order valence-corrected chi connectivity index (χ1v) is 14.5. The fourth-order valence-corrected chi connectivity index (χ4v) is 6.73. The zero-order valence-electron chi connectivity index (χ0n) is 22.0. The van der Waals surface area contributed by atoms with Gasteiger partial charge in [0.1, 0.15) is 23.5 Å². The van der Waals surface area contributed by atoms with Gasteiger partial charge in [-0.1, -0.05) is 12.1 Å². The van der Waals surface area contributed by atoms with Gasteiger partial charge in [-0.3, -0.25) is 9.80 Å². The van der Waals surface area contributed by atoms with E-state index >= 15 is 0 Å². The van der Waals surface area contributed by atoms with Crippen molar-refractivity contribution in [1.29, 1.82) is 0 Å². The Morgan fingerprint density at radius 2 is 1.85 bits per heavy atom. The third-order valence-corrected chi connectivity index (χ3v) is 9.06. The number of fused-ring (bicyclic) bond motifs is 1. The topological polar surface area (TPSA) is 61.7 Å². The second-order valence-corrected chi connectivity index (χ2v) is 12.3. The predicted molar refractivity (Wildman–Crippen MR) is 149 cm³/mol. The molecule has 0 spiro atoms. The number of aliphatic hydroxyl groups excluding tert-OH is 1. The van der Waals surface area contributed by atoms with Gasteiger partial charge >= 0.3 is 6.18 Å². The van der Waals surface area contributed by atoms with E-state index in [4.69, 9.17) is 4.74 Å². The third-order valence-electron chi connectivity index (χ3n) is 6.92. The molecule has 1 aliphatic heterocycles. The van der Waals surface area contributed by atoms with Crippen LogP contribution >= 0.6 is 22.7 Å². The number of rotatable bonds is 8. The van der Waals surface area contributed by atoms with E-state index in [9.17, 15) is 18.3 Å². The maximum atomic E-state index is 12.9. The van der Waals surface area contributed by atoms with Gasteiger partial charge in [0.2, 0.25) is 0 Å². The Balaban J connectivity index is 1.12. The average Bonchev–Trinajstić information content (AvgIpc) is 3.44. The number of β-amino-alcohol motifs (C(OH)–C–C–N with tert-alkyl or cyclic N) is 1.